The van der Waals surface area contributed by atoms with Crippen LogP contribution in [-0.2, 0) is 26.0 Å². The van der Waals surface area contributed by atoms with E-state index >= 15 is 0 Å². The zero-order valence-electron chi connectivity index (χ0n) is 13.3. The molecule has 0 atom stereocenters. The third-order valence-electron chi connectivity index (χ3n) is 3.20. The molecule has 132 valence electrons. The second-order valence-corrected chi connectivity index (χ2v) is 6.72. The summed E-state index contributed by atoms with van der Waals surface area (Å²) in [7, 11) is -3.96. The molecule has 8 nitrogen and oxygen atoms in total. The lowest BCUT2D eigenvalue weighted by Crippen LogP contribution is -2.13. The number of non-ortho nitro benzene ring substituents is 1. The van der Waals surface area contributed by atoms with E-state index in [0.29, 0.717) is 12.2 Å². The number of nitrogens with zero attached hydrogens (tertiary/aromatic N) is 1. The number of hydrogen-bond acceptors (Lipinski definition) is 6. The van der Waals surface area contributed by atoms with Crippen LogP contribution in [0.15, 0.2) is 53.4 Å². The maximum Gasteiger partial charge on any atom is 0.310 e. The van der Waals surface area contributed by atoms with Crippen molar-refractivity contribution in [1.29, 1.82) is 0 Å². The molecular formula is C16H16N2O6S. The summed E-state index contributed by atoms with van der Waals surface area (Å²) in [6, 6.07) is 11.0. The average Bonchev–Trinajstić information content (AvgIpc) is 2.57. The highest BCUT2D eigenvalue weighted by Crippen LogP contribution is 2.20. The van der Waals surface area contributed by atoms with Gasteiger partial charge in [0.05, 0.1) is 22.8 Å². The highest BCUT2D eigenvalue weighted by Gasteiger charge is 2.17. The number of carbonyl (C=O) groups is 1. The second-order valence-electron chi connectivity index (χ2n) is 5.04. The van der Waals surface area contributed by atoms with Crippen molar-refractivity contribution in [3.05, 3.63) is 64.2 Å². The SMILES string of the molecule is CCOC(=O)Cc1ccc(NS(=O)(=O)c2cccc([N+](=O)[O-])c2)cc1. The molecule has 0 saturated heterocycles. The molecule has 2 rings (SSSR count). The number of benzene rings is 2. The van der Waals surface area contributed by atoms with Crippen molar-refractivity contribution in [2.75, 3.05) is 11.3 Å². The van der Waals surface area contributed by atoms with E-state index < -0.39 is 14.9 Å². The van der Waals surface area contributed by atoms with Crippen LogP contribution in [0.5, 0.6) is 0 Å². The van der Waals surface area contributed by atoms with Crippen LogP contribution in [0.1, 0.15) is 12.5 Å². The molecule has 0 spiro atoms. The maximum atomic E-state index is 12.3. The van der Waals surface area contributed by atoms with E-state index in [0.717, 1.165) is 6.07 Å². The van der Waals surface area contributed by atoms with Gasteiger partial charge in [-0.2, -0.15) is 0 Å². The van der Waals surface area contributed by atoms with Gasteiger partial charge in [0.15, 0.2) is 0 Å². The maximum absolute atomic E-state index is 12.3. The zero-order chi connectivity index (χ0) is 18.4. The van der Waals surface area contributed by atoms with Crippen molar-refractivity contribution < 1.29 is 22.9 Å². The number of carbonyl (C=O) groups excluding carboxylic acids is 1. The van der Waals surface area contributed by atoms with Crippen molar-refractivity contribution in [1.82, 2.24) is 0 Å². The molecule has 0 amide bonds. The fourth-order valence-electron chi connectivity index (χ4n) is 2.05. The van der Waals surface area contributed by atoms with Gasteiger partial charge in [0.25, 0.3) is 15.7 Å². The van der Waals surface area contributed by atoms with Crippen LogP contribution in [0, 0.1) is 10.1 Å². The predicted molar refractivity (Wildman–Crippen MR) is 90.7 cm³/mol. The summed E-state index contributed by atoms with van der Waals surface area (Å²) in [5.74, 6) is -0.368. The minimum Gasteiger partial charge on any atom is -0.466 e. The van der Waals surface area contributed by atoms with Crippen molar-refractivity contribution in [3.8, 4) is 0 Å². The highest BCUT2D eigenvalue weighted by molar-refractivity contribution is 7.92. The van der Waals surface area contributed by atoms with Crippen LogP contribution in [0.25, 0.3) is 0 Å². The average molecular weight is 364 g/mol. The summed E-state index contributed by atoms with van der Waals surface area (Å²) in [6.45, 7) is 2.00. The van der Waals surface area contributed by atoms with Gasteiger partial charge in [0, 0.05) is 17.8 Å². The van der Waals surface area contributed by atoms with Crippen molar-refractivity contribution in [2.45, 2.75) is 18.2 Å². The van der Waals surface area contributed by atoms with Crippen molar-refractivity contribution in [3.63, 3.8) is 0 Å². The number of esters is 1. The van der Waals surface area contributed by atoms with Crippen molar-refractivity contribution in [2.24, 2.45) is 0 Å². The summed E-state index contributed by atoms with van der Waals surface area (Å²) in [6.07, 6.45) is 0.0890. The third kappa shape index (κ3) is 5.01. The molecule has 1 N–H and O–H groups in total. The van der Waals surface area contributed by atoms with Crippen LogP contribution in [-0.4, -0.2) is 25.9 Å². The number of anilines is 1. The van der Waals surface area contributed by atoms with E-state index in [2.05, 4.69) is 4.72 Å². The predicted octanol–water partition coefficient (Wildman–Crippen LogP) is 2.50. The standard InChI is InChI=1S/C16H16N2O6S/c1-2-24-16(19)10-12-6-8-13(9-7-12)17-25(22,23)15-5-3-4-14(11-15)18(20)21/h3-9,11,17H,2,10H2,1H3. The monoisotopic (exact) mass is 364 g/mol. The Labute approximate surface area is 144 Å². The van der Waals surface area contributed by atoms with Gasteiger partial charge in [-0.3, -0.25) is 19.6 Å². The molecule has 0 aliphatic carbocycles. The lowest BCUT2D eigenvalue weighted by molar-refractivity contribution is -0.385. The van der Waals surface area contributed by atoms with E-state index in [9.17, 15) is 23.3 Å². The van der Waals surface area contributed by atoms with Crippen LogP contribution in [0.2, 0.25) is 0 Å². The summed E-state index contributed by atoms with van der Waals surface area (Å²) in [5, 5.41) is 10.8. The van der Waals surface area contributed by atoms with Gasteiger partial charge in [0.1, 0.15) is 0 Å². The van der Waals surface area contributed by atoms with Gasteiger partial charge in [0.2, 0.25) is 0 Å². The number of nitrogens with one attached hydrogen (secondary N) is 1. The van der Waals surface area contributed by atoms with Crippen LogP contribution in [0.4, 0.5) is 11.4 Å². The minimum absolute atomic E-state index is 0.0890. The second kappa shape index (κ2) is 7.75. The molecule has 0 aliphatic heterocycles. The Morgan fingerprint density at radius 1 is 1.20 bits per heavy atom. The van der Waals surface area contributed by atoms with Crippen LogP contribution >= 0.6 is 0 Å². The molecular weight excluding hydrogens is 348 g/mol. The minimum atomic E-state index is -3.96. The first-order chi connectivity index (χ1) is 11.8. The van der Waals surface area contributed by atoms with Gasteiger partial charge < -0.3 is 4.74 Å². The molecule has 0 aromatic heterocycles. The lowest BCUT2D eigenvalue weighted by atomic mass is 10.1. The third-order valence-corrected chi connectivity index (χ3v) is 4.58. The lowest BCUT2D eigenvalue weighted by Gasteiger charge is -2.09. The molecule has 0 saturated carbocycles. The Kier molecular flexibility index (Phi) is 5.71. The Morgan fingerprint density at radius 3 is 2.48 bits per heavy atom. The van der Waals surface area contributed by atoms with Gasteiger partial charge in [-0.25, -0.2) is 8.42 Å². The van der Waals surface area contributed by atoms with Gasteiger partial charge >= 0.3 is 5.97 Å². The van der Waals surface area contributed by atoms with E-state index in [1.807, 2.05) is 0 Å². The Hall–Kier alpha value is -2.94. The van der Waals surface area contributed by atoms with Crippen LogP contribution in [0.3, 0.4) is 0 Å². The molecule has 2 aromatic carbocycles. The number of hydrogen-bond donors (Lipinski definition) is 1. The Bertz CT molecular complexity index is 878. The Morgan fingerprint density at radius 2 is 1.88 bits per heavy atom. The molecule has 0 heterocycles. The molecule has 0 radical (unpaired) electrons. The number of sulfonamides is 1. The van der Waals surface area contributed by atoms with E-state index in [1.165, 1.54) is 30.3 Å². The number of rotatable bonds is 7. The fraction of sp³-hybridized carbons (Fsp3) is 0.188. The number of ether oxygens (including phenoxy) is 1. The first kappa shape index (κ1) is 18.4. The van der Waals surface area contributed by atoms with E-state index in [4.69, 9.17) is 4.74 Å². The van der Waals surface area contributed by atoms with Gasteiger partial charge in [-0.15, -0.1) is 0 Å². The molecule has 0 aliphatic rings. The molecule has 0 fully saturated rings. The summed E-state index contributed by atoms with van der Waals surface area (Å²) in [4.78, 5) is 21.3. The topological polar surface area (TPSA) is 116 Å². The largest absolute Gasteiger partial charge is 0.466 e. The summed E-state index contributed by atoms with van der Waals surface area (Å²) >= 11 is 0. The first-order valence-electron chi connectivity index (χ1n) is 7.33. The number of nitro benzene ring substituents is 1. The number of nitro groups is 1. The van der Waals surface area contributed by atoms with E-state index in [-0.39, 0.29) is 28.7 Å². The first-order valence-corrected chi connectivity index (χ1v) is 8.82. The summed E-state index contributed by atoms with van der Waals surface area (Å²) < 4.78 is 31.8. The fourth-order valence-corrected chi connectivity index (χ4v) is 3.15. The van der Waals surface area contributed by atoms with Crippen molar-refractivity contribution >= 4 is 27.4 Å². The molecule has 0 bridgehead atoms. The molecule has 9 heteroatoms. The highest BCUT2D eigenvalue weighted by atomic mass is 32.2. The smallest absolute Gasteiger partial charge is 0.310 e. The quantitative estimate of drug-likeness (QED) is 0.458. The molecule has 2 aromatic rings. The normalized spacial score (nSPS) is 10.9. The zero-order valence-corrected chi connectivity index (χ0v) is 14.2. The van der Waals surface area contributed by atoms with Crippen LogP contribution < -0.4 is 4.72 Å². The summed E-state index contributed by atoms with van der Waals surface area (Å²) in [5.41, 5.74) is 0.642. The van der Waals surface area contributed by atoms with Gasteiger partial charge in [-0.1, -0.05) is 18.2 Å². The van der Waals surface area contributed by atoms with Gasteiger partial charge in [-0.05, 0) is 30.7 Å². The Balaban J connectivity index is 2.14. The molecule has 0 unspecified atom stereocenters. The van der Waals surface area contributed by atoms with E-state index in [1.54, 1.807) is 19.1 Å². The molecule has 25 heavy (non-hydrogen) atoms.